The molecule has 0 aliphatic rings. The van der Waals surface area contributed by atoms with Gasteiger partial charge in [-0.1, -0.05) is 48.9 Å². The Labute approximate surface area is 165 Å². The molecule has 0 saturated carbocycles. The van der Waals surface area contributed by atoms with Crippen LogP contribution in [0.25, 0.3) is 0 Å². The highest BCUT2D eigenvalue weighted by Crippen LogP contribution is 2.13. The Morgan fingerprint density at radius 3 is 2.04 bits per heavy atom. The fraction of sp³-hybridized carbons (Fsp3) is 0.167. The van der Waals surface area contributed by atoms with Gasteiger partial charge in [-0.05, 0) is 60.9 Å². The van der Waals surface area contributed by atoms with Crippen molar-refractivity contribution in [1.82, 2.24) is 5.32 Å². The van der Waals surface area contributed by atoms with E-state index in [9.17, 15) is 9.59 Å². The topological polar surface area (TPSA) is 58.2 Å². The number of amides is 2. The molecule has 2 amide bonds. The molecule has 3 aromatic carbocycles. The van der Waals surface area contributed by atoms with Gasteiger partial charge in [-0.2, -0.15) is 0 Å². The van der Waals surface area contributed by atoms with Crippen LogP contribution in [0.4, 0.5) is 5.69 Å². The smallest absolute Gasteiger partial charge is 0.255 e. The van der Waals surface area contributed by atoms with E-state index in [2.05, 4.69) is 17.6 Å². The quantitative estimate of drug-likeness (QED) is 0.657. The molecular formula is C24H24N2O2. The van der Waals surface area contributed by atoms with Crippen LogP contribution in [0.1, 0.15) is 44.3 Å². The number of benzene rings is 3. The molecule has 0 aliphatic carbocycles. The van der Waals surface area contributed by atoms with Gasteiger partial charge in [-0.3, -0.25) is 9.59 Å². The summed E-state index contributed by atoms with van der Waals surface area (Å²) in [5.74, 6) is -0.361. The van der Waals surface area contributed by atoms with Crippen molar-refractivity contribution in [3.8, 4) is 0 Å². The van der Waals surface area contributed by atoms with Crippen LogP contribution in [0.2, 0.25) is 0 Å². The highest BCUT2D eigenvalue weighted by atomic mass is 16.2. The van der Waals surface area contributed by atoms with E-state index in [-0.39, 0.29) is 11.8 Å². The summed E-state index contributed by atoms with van der Waals surface area (Å²) in [5.41, 5.74) is 5.22. The molecule has 0 unspecified atom stereocenters. The molecule has 0 radical (unpaired) electrons. The minimum atomic E-state index is -0.198. The van der Waals surface area contributed by atoms with Crippen molar-refractivity contribution in [1.29, 1.82) is 0 Å². The van der Waals surface area contributed by atoms with Gasteiger partial charge in [0.15, 0.2) is 0 Å². The van der Waals surface area contributed by atoms with Crippen molar-refractivity contribution >= 4 is 17.5 Å². The fourth-order valence-corrected chi connectivity index (χ4v) is 2.91. The lowest BCUT2D eigenvalue weighted by Gasteiger charge is -2.08. The van der Waals surface area contributed by atoms with Gasteiger partial charge in [0, 0.05) is 23.4 Å². The van der Waals surface area contributed by atoms with Crippen molar-refractivity contribution < 1.29 is 9.59 Å². The van der Waals surface area contributed by atoms with Crippen LogP contribution in [0.15, 0.2) is 72.8 Å². The zero-order valence-corrected chi connectivity index (χ0v) is 16.2. The van der Waals surface area contributed by atoms with E-state index in [0.29, 0.717) is 17.7 Å². The molecule has 2 N–H and O–H groups in total. The van der Waals surface area contributed by atoms with Crippen molar-refractivity contribution in [2.24, 2.45) is 0 Å². The Balaban J connectivity index is 1.58. The molecular weight excluding hydrogens is 348 g/mol. The van der Waals surface area contributed by atoms with E-state index in [1.165, 1.54) is 5.56 Å². The minimum Gasteiger partial charge on any atom is -0.348 e. The highest BCUT2D eigenvalue weighted by Gasteiger charge is 2.09. The second-order valence-electron chi connectivity index (χ2n) is 6.75. The van der Waals surface area contributed by atoms with E-state index >= 15 is 0 Å². The summed E-state index contributed by atoms with van der Waals surface area (Å²) >= 11 is 0. The van der Waals surface area contributed by atoms with Crippen LogP contribution in [0.3, 0.4) is 0 Å². The van der Waals surface area contributed by atoms with Crippen LogP contribution in [-0.2, 0) is 13.0 Å². The lowest BCUT2D eigenvalue weighted by molar-refractivity contribution is 0.0949. The Morgan fingerprint density at radius 2 is 1.43 bits per heavy atom. The summed E-state index contributed by atoms with van der Waals surface area (Å²) in [6.45, 7) is 4.58. The predicted molar refractivity (Wildman–Crippen MR) is 113 cm³/mol. The van der Waals surface area contributed by atoms with E-state index in [4.69, 9.17) is 0 Å². The lowest BCUT2D eigenvalue weighted by Crippen LogP contribution is -2.23. The Bertz CT molecular complexity index is 961. The van der Waals surface area contributed by atoms with Gasteiger partial charge in [-0.25, -0.2) is 0 Å². The number of nitrogens with one attached hydrogen (secondary N) is 2. The zero-order valence-electron chi connectivity index (χ0n) is 16.2. The monoisotopic (exact) mass is 372 g/mol. The number of hydrogen-bond acceptors (Lipinski definition) is 2. The van der Waals surface area contributed by atoms with E-state index in [0.717, 1.165) is 23.2 Å². The number of anilines is 1. The third-order valence-electron chi connectivity index (χ3n) is 4.56. The van der Waals surface area contributed by atoms with Gasteiger partial charge in [0.25, 0.3) is 11.8 Å². The maximum atomic E-state index is 12.4. The molecule has 142 valence electrons. The van der Waals surface area contributed by atoms with Crippen LogP contribution >= 0.6 is 0 Å². The molecule has 0 heterocycles. The van der Waals surface area contributed by atoms with Crippen LogP contribution in [-0.4, -0.2) is 11.8 Å². The second kappa shape index (κ2) is 9.00. The number of carbonyl (C=O) groups is 2. The van der Waals surface area contributed by atoms with Crippen LogP contribution in [0, 0.1) is 6.92 Å². The van der Waals surface area contributed by atoms with Crippen molar-refractivity contribution in [2.45, 2.75) is 26.8 Å². The number of rotatable bonds is 6. The second-order valence-corrected chi connectivity index (χ2v) is 6.75. The van der Waals surface area contributed by atoms with E-state index in [1.54, 1.807) is 24.3 Å². The highest BCUT2D eigenvalue weighted by molar-refractivity contribution is 6.05. The summed E-state index contributed by atoms with van der Waals surface area (Å²) in [4.78, 5) is 24.7. The number of hydrogen-bond donors (Lipinski definition) is 2. The molecule has 0 bridgehead atoms. The van der Waals surface area contributed by atoms with Gasteiger partial charge >= 0.3 is 0 Å². The molecule has 4 heteroatoms. The Morgan fingerprint density at radius 1 is 0.786 bits per heavy atom. The average molecular weight is 372 g/mol. The van der Waals surface area contributed by atoms with E-state index in [1.807, 2.05) is 55.5 Å². The van der Waals surface area contributed by atoms with Gasteiger partial charge in [0.1, 0.15) is 0 Å². The minimum absolute atomic E-state index is 0.163. The number of carbonyl (C=O) groups excluding carboxylic acids is 2. The van der Waals surface area contributed by atoms with E-state index < -0.39 is 0 Å². The first-order chi connectivity index (χ1) is 13.5. The molecule has 0 fully saturated rings. The zero-order chi connectivity index (χ0) is 19.9. The largest absolute Gasteiger partial charge is 0.348 e. The maximum absolute atomic E-state index is 12.4. The Kier molecular flexibility index (Phi) is 6.22. The van der Waals surface area contributed by atoms with Crippen molar-refractivity contribution in [3.63, 3.8) is 0 Å². The first kappa shape index (κ1) is 19.4. The SMILES string of the molecule is CCc1ccc(NC(=O)c2ccc(C(=O)NCc3cccc(C)c3)cc2)cc1. The normalized spacial score (nSPS) is 10.4. The summed E-state index contributed by atoms with van der Waals surface area (Å²) in [7, 11) is 0. The molecule has 4 nitrogen and oxygen atoms in total. The lowest BCUT2D eigenvalue weighted by atomic mass is 10.1. The molecule has 0 atom stereocenters. The Hall–Kier alpha value is -3.40. The average Bonchev–Trinajstić information content (AvgIpc) is 2.72. The van der Waals surface area contributed by atoms with Crippen LogP contribution < -0.4 is 10.6 Å². The van der Waals surface area contributed by atoms with Gasteiger partial charge in [0.05, 0.1) is 0 Å². The molecule has 0 spiro atoms. The third kappa shape index (κ3) is 5.07. The predicted octanol–water partition coefficient (Wildman–Crippen LogP) is 4.74. The fourth-order valence-electron chi connectivity index (χ4n) is 2.91. The molecule has 0 aromatic heterocycles. The van der Waals surface area contributed by atoms with Crippen molar-refractivity contribution in [3.05, 3.63) is 101 Å². The molecule has 3 rings (SSSR count). The summed E-state index contributed by atoms with van der Waals surface area (Å²) in [6.07, 6.45) is 0.960. The number of aryl methyl sites for hydroxylation is 2. The first-order valence-electron chi connectivity index (χ1n) is 9.39. The van der Waals surface area contributed by atoms with Crippen molar-refractivity contribution in [2.75, 3.05) is 5.32 Å². The van der Waals surface area contributed by atoms with Crippen LogP contribution in [0.5, 0.6) is 0 Å². The molecule has 28 heavy (non-hydrogen) atoms. The summed E-state index contributed by atoms with van der Waals surface area (Å²) in [5, 5.41) is 5.77. The third-order valence-corrected chi connectivity index (χ3v) is 4.56. The molecule has 0 aliphatic heterocycles. The van der Waals surface area contributed by atoms with Gasteiger partial charge in [0.2, 0.25) is 0 Å². The van der Waals surface area contributed by atoms with Gasteiger partial charge in [-0.15, -0.1) is 0 Å². The summed E-state index contributed by atoms with van der Waals surface area (Å²) < 4.78 is 0. The first-order valence-corrected chi connectivity index (χ1v) is 9.39. The maximum Gasteiger partial charge on any atom is 0.255 e. The van der Waals surface area contributed by atoms with Gasteiger partial charge < -0.3 is 10.6 Å². The molecule has 3 aromatic rings. The summed E-state index contributed by atoms with van der Waals surface area (Å²) in [6, 6.07) is 22.5. The molecule has 0 saturated heterocycles. The standard InChI is InChI=1S/C24H24N2O2/c1-3-18-7-13-22(14-8-18)26-24(28)21-11-9-20(10-12-21)23(27)25-16-19-6-4-5-17(2)15-19/h4-15H,3,16H2,1-2H3,(H,25,27)(H,26,28).